The molecule has 0 aliphatic carbocycles. The second-order valence-corrected chi connectivity index (χ2v) is 9.42. The topological polar surface area (TPSA) is 110 Å². The largest absolute Gasteiger partial charge is 0.321 e. The summed E-state index contributed by atoms with van der Waals surface area (Å²) in [4.78, 5) is 23.1. The van der Waals surface area contributed by atoms with Crippen LogP contribution >= 0.6 is 0 Å². The van der Waals surface area contributed by atoms with Crippen LogP contribution in [0.25, 0.3) is 0 Å². The fourth-order valence-electron chi connectivity index (χ4n) is 3.16. The third-order valence-electron chi connectivity index (χ3n) is 4.91. The molecular formula is C23H23N3O5S. The Labute approximate surface area is 186 Å². The molecule has 0 fully saturated rings. The minimum absolute atomic E-state index is 0.113. The van der Waals surface area contributed by atoms with Crippen LogP contribution in [0.4, 0.5) is 17.1 Å². The number of hydrogen-bond donors (Lipinski definition) is 1. The molecule has 3 aromatic carbocycles. The highest BCUT2D eigenvalue weighted by molar-refractivity contribution is 7.92. The van der Waals surface area contributed by atoms with E-state index in [1.165, 1.54) is 16.4 Å². The Bertz CT molecular complexity index is 1270. The third kappa shape index (κ3) is 5.50. The Kier molecular flexibility index (Phi) is 6.59. The number of amides is 1. The van der Waals surface area contributed by atoms with E-state index in [1.807, 2.05) is 13.0 Å². The molecule has 0 aromatic heterocycles. The quantitative estimate of drug-likeness (QED) is 0.420. The highest BCUT2D eigenvalue weighted by Gasteiger charge is 2.18. The van der Waals surface area contributed by atoms with Gasteiger partial charge in [0.1, 0.15) is 0 Å². The van der Waals surface area contributed by atoms with Gasteiger partial charge in [0.15, 0.2) is 0 Å². The van der Waals surface area contributed by atoms with E-state index in [4.69, 9.17) is 0 Å². The number of anilines is 2. The van der Waals surface area contributed by atoms with Gasteiger partial charge in [-0.2, -0.15) is 0 Å². The molecule has 0 spiro atoms. The molecule has 8 nitrogen and oxygen atoms in total. The Morgan fingerprint density at radius 3 is 2.31 bits per heavy atom. The standard InChI is InChI=1S/C23H23N3O5S/c1-16-5-4-6-20(13-16)25(32(3,30)31)15-18-8-10-19(11-9-18)23(27)24-22-14-21(26(28)29)12-7-17(22)2/h4-14H,15H2,1-3H3,(H,24,27). The van der Waals surface area contributed by atoms with Gasteiger partial charge in [-0.25, -0.2) is 8.42 Å². The Morgan fingerprint density at radius 1 is 1.03 bits per heavy atom. The summed E-state index contributed by atoms with van der Waals surface area (Å²) in [5.41, 5.74) is 3.51. The van der Waals surface area contributed by atoms with E-state index < -0.39 is 20.9 Å². The molecule has 0 saturated carbocycles. The highest BCUT2D eigenvalue weighted by atomic mass is 32.2. The molecule has 0 aliphatic rings. The lowest BCUT2D eigenvalue weighted by atomic mass is 10.1. The van der Waals surface area contributed by atoms with Crippen molar-refractivity contribution in [3.8, 4) is 0 Å². The van der Waals surface area contributed by atoms with E-state index in [0.717, 1.165) is 11.8 Å². The van der Waals surface area contributed by atoms with E-state index in [-0.39, 0.29) is 12.2 Å². The lowest BCUT2D eigenvalue weighted by Gasteiger charge is -2.23. The van der Waals surface area contributed by atoms with Crippen LogP contribution in [0, 0.1) is 24.0 Å². The second-order valence-electron chi connectivity index (χ2n) is 7.52. The van der Waals surface area contributed by atoms with Crippen molar-refractivity contribution in [2.75, 3.05) is 15.9 Å². The zero-order valence-electron chi connectivity index (χ0n) is 17.9. The average Bonchev–Trinajstić information content (AvgIpc) is 2.73. The predicted octanol–water partition coefficient (Wildman–Crippen LogP) is 4.43. The van der Waals surface area contributed by atoms with Crippen molar-refractivity contribution in [1.29, 1.82) is 0 Å². The zero-order chi connectivity index (χ0) is 23.5. The Balaban J connectivity index is 1.79. The summed E-state index contributed by atoms with van der Waals surface area (Å²) in [6.07, 6.45) is 1.15. The average molecular weight is 454 g/mol. The molecule has 3 rings (SSSR count). The normalized spacial score (nSPS) is 11.1. The SMILES string of the molecule is Cc1cccc(N(Cc2ccc(C(=O)Nc3cc([N+](=O)[O-])ccc3C)cc2)S(C)(=O)=O)c1. The van der Waals surface area contributed by atoms with Gasteiger partial charge in [0, 0.05) is 17.7 Å². The molecule has 32 heavy (non-hydrogen) atoms. The smallest absolute Gasteiger partial charge is 0.271 e. The number of nitrogens with one attached hydrogen (secondary N) is 1. The molecule has 0 atom stereocenters. The number of aryl methyl sites for hydroxylation is 2. The van der Waals surface area contributed by atoms with Crippen molar-refractivity contribution in [3.63, 3.8) is 0 Å². The lowest BCUT2D eigenvalue weighted by molar-refractivity contribution is -0.384. The van der Waals surface area contributed by atoms with Crippen molar-refractivity contribution >= 4 is 33.0 Å². The van der Waals surface area contributed by atoms with Crippen molar-refractivity contribution in [2.45, 2.75) is 20.4 Å². The van der Waals surface area contributed by atoms with Gasteiger partial charge in [-0.1, -0.05) is 30.3 Å². The van der Waals surface area contributed by atoms with Crippen molar-refractivity contribution in [3.05, 3.63) is 99.1 Å². The van der Waals surface area contributed by atoms with Crippen LogP contribution in [-0.2, 0) is 16.6 Å². The van der Waals surface area contributed by atoms with Gasteiger partial charge in [0.25, 0.3) is 11.6 Å². The highest BCUT2D eigenvalue weighted by Crippen LogP contribution is 2.24. The molecule has 3 aromatic rings. The first-order valence-electron chi connectivity index (χ1n) is 9.74. The van der Waals surface area contributed by atoms with E-state index >= 15 is 0 Å². The van der Waals surface area contributed by atoms with E-state index in [9.17, 15) is 23.3 Å². The molecule has 0 heterocycles. The van der Waals surface area contributed by atoms with Crippen LogP contribution in [0.1, 0.15) is 27.0 Å². The molecule has 0 radical (unpaired) electrons. The number of carbonyl (C=O) groups is 1. The van der Waals surface area contributed by atoms with Crippen LogP contribution < -0.4 is 9.62 Å². The molecular weight excluding hydrogens is 430 g/mol. The number of nitro benzene ring substituents is 1. The summed E-state index contributed by atoms with van der Waals surface area (Å²) < 4.78 is 26.0. The molecule has 0 bridgehead atoms. The summed E-state index contributed by atoms with van der Waals surface area (Å²) in [7, 11) is -3.52. The minimum Gasteiger partial charge on any atom is -0.321 e. The lowest BCUT2D eigenvalue weighted by Crippen LogP contribution is -2.29. The number of hydrogen-bond acceptors (Lipinski definition) is 5. The first-order chi connectivity index (χ1) is 15.0. The van der Waals surface area contributed by atoms with Gasteiger partial charge in [-0.05, 0) is 54.8 Å². The van der Waals surface area contributed by atoms with Crippen molar-refractivity contribution in [2.24, 2.45) is 0 Å². The second kappa shape index (κ2) is 9.19. The predicted molar refractivity (Wildman–Crippen MR) is 124 cm³/mol. The van der Waals surface area contributed by atoms with Gasteiger partial charge in [-0.3, -0.25) is 19.2 Å². The molecule has 0 aliphatic heterocycles. The monoisotopic (exact) mass is 453 g/mol. The number of non-ortho nitro benzene ring substituents is 1. The maximum absolute atomic E-state index is 12.6. The van der Waals surface area contributed by atoms with E-state index in [0.29, 0.717) is 28.1 Å². The number of nitro groups is 1. The summed E-state index contributed by atoms with van der Waals surface area (Å²) >= 11 is 0. The fraction of sp³-hybridized carbons (Fsp3) is 0.174. The van der Waals surface area contributed by atoms with Crippen molar-refractivity contribution < 1.29 is 18.1 Å². The molecule has 1 amide bonds. The summed E-state index contributed by atoms with van der Waals surface area (Å²) in [6.45, 7) is 3.75. The number of sulfonamides is 1. The summed E-state index contributed by atoms with van der Waals surface area (Å²) in [5.74, 6) is -0.418. The molecule has 9 heteroatoms. The Hall–Kier alpha value is -3.72. The third-order valence-corrected chi connectivity index (χ3v) is 6.05. The molecule has 1 N–H and O–H groups in total. The molecule has 0 saturated heterocycles. The number of carbonyl (C=O) groups excluding carboxylic acids is 1. The van der Waals surface area contributed by atoms with Crippen LogP contribution in [-0.4, -0.2) is 25.5 Å². The van der Waals surface area contributed by atoms with E-state index in [2.05, 4.69) is 5.32 Å². The number of benzene rings is 3. The number of rotatable bonds is 7. The van der Waals surface area contributed by atoms with Crippen molar-refractivity contribution in [1.82, 2.24) is 0 Å². The van der Waals surface area contributed by atoms with Crippen LogP contribution in [0.3, 0.4) is 0 Å². The molecule has 166 valence electrons. The summed E-state index contributed by atoms with van der Waals surface area (Å²) in [6, 6.07) is 18.0. The molecule has 0 unspecified atom stereocenters. The van der Waals surface area contributed by atoms with Crippen LogP contribution in [0.5, 0.6) is 0 Å². The fourth-order valence-corrected chi connectivity index (χ4v) is 4.04. The Morgan fingerprint density at radius 2 is 1.72 bits per heavy atom. The van der Waals surface area contributed by atoms with Gasteiger partial charge in [-0.15, -0.1) is 0 Å². The zero-order valence-corrected chi connectivity index (χ0v) is 18.7. The van der Waals surface area contributed by atoms with Crippen LogP contribution in [0.15, 0.2) is 66.7 Å². The van der Waals surface area contributed by atoms with E-state index in [1.54, 1.807) is 55.5 Å². The first-order valence-corrected chi connectivity index (χ1v) is 11.6. The maximum Gasteiger partial charge on any atom is 0.271 e. The minimum atomic E-state index is -3.52. The van der Waals surface area contributed by atoms with Gasteiger partial charge in [0.05, 0.1) is 29.1 Å². The van der Waals surface area contributed by atoms with Gasteiger partial charge >= 0.3 is 0 Å². The number of nitrogens with zero attached hydrogens (tertiary/aromatic N) is 2. The maximum atomic E-state index is 12.6. The first kappa shape index (κ1) is 23.0. The summed E-state index contributed by atoms with van der Waals surface area (Å²) in [5, 5.41) is 13.7. The van der Waals surface area contributed by atoms with Crippen LogP contribution in [0.2, 0.25) is 0 Å². The van der Waals surface area contributed by atoms with Gasteiger partial charge < -0.3 is 5.32 Å². The van der Waals surface area contributed by atoms with Gasteiger partial charge in [0.2, 0.25) is 10.0 Å².